The van der Waals surface area contributed by atoms with E-state index in [1.165, 1.54) is 30.5 Å². The van der Waals surface area contributed by atoms with Crippen LogP contribution in [-0.4, -0.2) is 16.0 Å². The fourth-order valence-electron chi connectivity index (χ4n) is 1.50. The van der Waals surface area contributed by atoms with Gasteiger partial charge in [-0.2, -0.15) is 5.26 Å². The molecule has 0 unspecified atom stereocenters. The molecule has 0 aliphatic heterocycles. The Bertz CT molecular complexity index is 678. The van der Waals surface area contributed by atoms with E-state index in [2.05, 4.69) is 0 Å². The van der Waals surface area contributed by atoms with Gasteiger partial charge in [-0.25, -0.2) is 0 Å². The number of aromatic hydroxyl groups is 2. The number of phenols is 2. The Morgan fingerprint density at radius 1 is 1.32 bits per heavy atom. The van der Waals surface area contributed by atoms with Crippen molar-refractivity contribution < 1.29 is 19.4 Å². The van der Waals surface area contributed by atoms with E-state index in [4.69, 9.17) is 14.8 Å². The number of carbonyl (C=O) groups excluding carboxylic acids is 1. The number of benzene rings is 1. The molecule has 94 valence electrons. The first-order chi connectivity index (χ1) is 9.11. The normalized spacial score (nSPS) is 11.0. The number of Topliss-reactive ketones (excluding diaryl/α,β-unsaturated/α-hetero) is 1. The van der Waals surface area contributed by atoms with E-state index < -0.39 is 5.78 Å². The predicted octanol–water partition coefficient (Wildman–Crippen LogP) is 2.48. The first-order valence-corrected chi connectivity index (χ1v) is 5.34. The van der Waals surface area contributed by atoms with Gasteiger partial charge in [-0.15, -0.1) is 0 Å². The molecule has 5 heteroatoms. The van der Waals surface area contributed by atoms with Gasteiger partial charge < -0.3 is 14.6 Å². The maximum atomic E-state index is 11.9. The first kappa shape index (κ1) is 12.5. The second kappa shape index (κ2) is 5.10. The molecule has 0 saturated carbocycles. The number of allylic oxidation sites excluding steroid dienone is 1. The quantitative estimate of drug-likeness (QED) is 0.499. The van der Waals surface area contributed by atoms with Crippen LogP contribution in [0.15, 0.2) is 46.6 Å². The van der Waals surface area contributed by atoms with E-state index in [0.29, 0.717) is 0 Å². The lowest BCUT2D eigenvalue weighted by Crippen LogP contribution is -2.00. The highest BCUT2D eigenvalue weighted by Gasteiger charge is 2.15. The number of nitriles is 1. The summed E-state index contributed by atoms with van der Waals surface area (Å²) in [6.45, 7) is 0. The SMILES string of the molecule is N#CC(=Cc1ccc(O)cc1O)C(=O)c1ccco1. The molecule has 0 saturated heterocycles. The molecule has 1 heterocycles. The largest absolute Gasteiger partial charge is 0.508 e. The van der Waals surface area contributed by atoms with Crippen LogP contribution in [0, 0.1) is 11.3 Å². The number of furan rings is 1. The zero-order chi connectivity index (χ0) is 13.8. The minimum absolute atomic E-state index is 0.0473. The number of nitrogens with zero attached hydrogens (tertiary/aromatic N) is 1. The van der Waals surface area contributed by atoms with Crippen LogP contribution in [0.5, 0.6) is 11.5 Å². The summed E-state index contributed by atoms with van der Waals surface area (Å²) in [7, 11) is 0. The highest BCUT2D eigenvalue weighted by atomic mass is 16.3. The van der Waals surface area contributed by atoms with Gasteiger partial charge in [0.05, 0.1) is 6.26 Å². The van der Waals surface area contributed by atoms with Crippen LogP contribution in [0.3, 0.4) is 0 Å². The zero-order valence-electron chi connectivity index (χ0n) is 9.70. The Kier molecular flexibility index (Phi) is 3.35. The molecule has 0 amide bonds. The van der Waals surface area contributed by atoms with Gasteiger partial charge in [-0.3, -0.25) is 4.79 Å². The average Bonchev–Trinajstić information content (AvgIpc) is 2.91. The van der Waals surface area contributed by atoms with Crippen molar-refractivity contribution in [3.05, 3.63) is 53.5 Å². The fraction of sp³-hybridized carbons (Fsp3) is 0. The molecule has 0 spiro atoms. The van der Waals surface area contributed by atoms with Crippen molar-refractivity contribution in [1.29, 1.82) is 5.26 Å². The summed E-state index contributed by atoms with van der Waals surface area (Å²) in [4.78, 5) is 11.9. The van der Waals surface area contributed by atoms with E-state index in [1.807, 2.05) is 0 Å². The van der Waals surface area contributed by atoms with Crippen molar-refractivity contribution in [2.24, 2.45) is 0 Å². The van der Waals surface area contributed by atoms with Crippen molar-refractivity contribution in [2.45, 2.75) is 0 Å². The topological polar surface area (TPSA) is 94.5 Å². The third kappa shape index (κ3) is 2.64. The van der Waals surface area contributed by atoms with Crippen molar-refractivity contribution in [3.63, 3.8) is 0 Å². The minimum Gasteiger partial charge on any atom is -0.508 e. The number of ketones is 1. The molecule has 5 nitrogen and oxygen atoms in total. The van der Waals surface area contributed by atoms with E-state index >= 15 is 0 Å². The van der Waals surface area contributed by atoms with Crippen molar-refractivity contribution in [1.82, 2.24) is 0 Å². The summed E-state index contributed by atoms with van der Waals surface area (Å²) >= 11 is 0. The Labute approximate surface area is 108 Å². The molecule has 2 aromatic rings. The molecule has 19 heavy (non-hydrogen) atoms. The highest BCUT2D eigenvalue weighted by molar-refractivity contribution is 6.12. The Morgan fingerprint density at radius 2 is 2.11 bits per heavy atom. The maximum Gasteiger partial charge on any atom is 0.238 e. The number of rotatable bonds is 3. The maximum absolute atomic E-state index is 11.9. The molecule has 1 aromatic heterocycles. The lowest BCUT2D eigenvalue weighted by molar-refractivity contribution is 0.101. The van der Waals surface area contributed by atoms with Gasteiger partial charge in [0, 0.05) is 11.6 Å². The van der Waals surface area contributed by atoms with Gasteiger partial charge in [-0.05, 0) is 30.3 Å². The van der Waals surface area contributed by atoms with Crippen LogP contribution in [0.1, 0.15) is 16.1 Å². The zero-order valence-corrected chi connectivity index (χ0v) is 9.70. The monoisotopic (exact) mass is 255 g/mol. The van der Waals surface area contributed by atoms with Gasteiger partial charge in [-0.1, -0.05) is 0 Å². The highest BCUT2D eigenvalue weighted by Crippen LogP contribution is 2.25. The molecule has 2 N–H and O–H groups in total. The van der Waals surface area contributed by atoms with Crippen LogP contribution >= 0.6 is 0 Å². The molecular formula is C14H9NO4. The lowest BCUT2D eigenvalue weighted by Gasteiger charge is -2.00. The van der Waals surface area contributed by atoms with Crippen LogP contribution in [0.25, 0.3) is 6.08 Å². The van der Waals surface area contributed by atoms with E-state index in [-0.39, 0.29) is 28.4 Å². The van der Waals surface area contributed by atoms with E-state index in [9.17, 15) is 9.90 Å². The van der Waals surface area contributed by atoms with E-state index in [0.717, 1.165) is 6.07 Å². The van der Waals surface area contributed by atoms with Crippen LogP contribution in [-0.2, 0) is 0 Å². The third-order valence-corrected chi connectivity index (χ3v) is 2.42. The summed E-state index contributed by atoms with van der Waals surface area (Å²) < 4.78 is 4.92. The second-order valence-corrected chi connectivity index (χ2v) is 3.72. The average molecular weight is 255 g/mol. The number of hydrogen-bond acceptors (Lipinski definition) is 5. The van der Waals surface area contributed by atoms with Gasteiger partial charge >= 0.3 is 0 Å². The Hall–Kier alpha value is -3.00. The van der Waals surface area contributed by atoms with Crippen molar-refractivity contribution >= 4 is 11.9 Å². The smallest absolute Gasteiger partial charge is 0.238 e. The lowest BCUT2D eigenvalue weighted by atomic mass is 10.1. The summed E-state index contributed by atoms with van der Waals surface area (Å²) in [6.07, 6.45) is 2.57. The van der Waals surface area contributed by atoms with Crippen LogP contribution < -0.4 is 0 Å². The van der Waals surface area contributed by atoms with Crippen molar-refractivity contribution in [3.8, 4) is 17.6 Å². The number of phenolic OH excluding ortho intramolecular Hbond substituents is 2. The summed E-state index contributed by atoms with van der Waals surface area (Å²) in [6, 6.07) is 8.62. The molecule has 0 aliphatic rings. The van der Waals surface area contributed by atoms with E-state index in [1.54, 1.807) is 12.1 Å². The van der Waals surface area contributed by atoms with Crippen LogP contribution in [0.4, 0.5) is 0 Å². The molecule has 2 rings (SSSR count). The molecule has 0 radical (unpaired) electrons. The van der Waals surface area contributed by atoms with Crippen molar-refractivity contribution in [2.75, 3.05) is 0 Å². The summed E-state index contributed by atoms with van der Waals surface area (Å²) in [5, 5.41) is 27.8. The van der Waals surface area contributed by atoms with Crippen LogP contribution in [0.2, 0.25) is 0 Å². The Morgan fingerprint density at radius 3 is 2.68 bits per heavy atom. The van der Waals surface area contributed by atoms with Gasteiger partial charge in [0.1, 0.15) is 23.1 Å². The number of carbonyl (C=O) groups is 1. The minimum atomic E-state index is -0.569. The molecule has 0 atom stereocenters. The molecule has 0 fully saturated rings. The fourth-order valence-corrected chi connectivity index (χ4v) is 1.50. The van der Waals surface area contributed by atoms with Gasteiger partial charge in [0.2, 0.25) is 5.78 Å². The number of hydrogen-bond donors (Lipinski definition) is 2. The summed E-state index contributed by atoms with van der Waals surface area (Å²) in [5.74, 6) is -0.850. The second-order valence-electron chi connectivity index (χ2n) is 3.72. The third-order valence-electron chi connectivity index (χ3n) is 2.42. The first-order valence-electron chi connectivity index (χ1n) is 5.34. The predicted molar refractivity (Wildman–Crippen MR) is 66.4 cm³/mol. The van der Waals surface area contributed by atoms with Gasteiger partial charge in [0.15, 0.2) is 5.76 Å². The molecule has 1 aromatic carbocycles. The Balaban J connectivity index is 2.40. The summed E-state index contributed by atoms with van der Waals surface area (Å²) in [5.41, 5.74) is 0.0881. The standard InChI is InChI=1S/C14H9NO4/c15-8-10(14(18)13-2-1-5-19-13)6-9-3-4-11(16)7-12(9)17/h1-7,16-17H. The molecule has 0 bridgehead atoms. The molecule has 0 aliphatic carbocycles. The van der Waals surface area contributed by atoms with Gasteiger partial charge in [0.25, 0.3) is 0 Å². The molecular weight excluding hydrogens is 246 g/mol.